The second-order valence-corrected chi connectivity index (χ2v) is 7.12. The standard InChI is InChI=1S/C23H18FN7/c1-13(11-28-25-2)19-10-18-21(12-27-19)30-31-22(18)20-9-17-16(6-7-26-23(17)29-20)14-4-3-5-15(24)8-14/h3-12,28H,2H2,1H3,(H,26,29)(H,30,31)/b13-11+. The maximum Gasteiger partial charge on any atom is 0.138 e. The number of halogens is 1. The summed E-state index contributed by atoms with van der Waals surface area (Å²) >= 11 is 0. The highest BCUT2D eigenvalue weighted by Crippen LogP contribution is 2.33. The Morgan fingerprint density at radius 3 is 2.90 bits per heavy atom. The third-order valence-electron chi connectivity index (χ3n) is 5.15. The summed E-state index contributed by atoms with van der Waals surface area (Å²) in [5.74, 6) is -0.277. The number of allylic oxidation sites excluding steroid dienone is 1. The minimum atomic E-state index is -0.277. The molecule has 1 aromatic carbocycles. The molecule has 0 radical (unpaired) electrons. The van der Waals surface area contributed by atoms with Gasteiger partial charge >= 0.3 is 0 Å². The van der Waals surface area contributed by atoms with E-state index in [1.807, 2.05) is 31.2 Å². The molecule has 0 amide bonds. The van der Waals surface area contributed by atoms with Crippen LogP contribution in [0, 0.1) is 5.82 Å². The Balaban J connectivity index is 1.64. The van der Waals surface area contributed by atoms with E-state index in [1.54, 1.807) is 24.7 Å². The van der Waals surface area contributed by atoms with Gasteiger partial charge in [0.05, 0.1) is 23.1 Å². The number of hydrogen-bond acceptors (Lipinski definition) is 5. The van der Waals surface area contributed by atoms with Gasteiger partial charge in [-0.05, 0) is 54.0 Å². The van der Waals surface area contributed by atoms with E-state index >= 15 is 0 Å². The predicted molar refractivity (Wildman–Crippen MR) is 121 cm³/mol. The number of nitrogens with one attached hydrogen (secondary N) is 3. The van der Waals surface area contributed by atoms with Crippen LogP contribution in [-0.4, -0.2) is 31.9 Å². The highest BCUT2D eigenvalue weighted by molar-refractivity contribution is 6.00. The van der Waals surface area contributed by atoms with E-state index in [9.17, 15) is 4.39 Å². The van der Waals surface area contributed by atoms with E-state index in [4.69, 9.17) is 0 Å². The molecule has 0 saturated heterocycles. The number of fused-ring (bicyclic) bond motifs is 2. The van der Waals surface area contributed by atoms with Crippen molar-refractivity contribution >= 4 is 34.2 Å². The first kappa shape index (κ1) is 18.7. The minimum Gasteiger partial charge on any atom is -0.338 e. The van der Waals surface area contributed by atoms with E-state index < -0.39 is 0 Å². The maximum atomic E-state index is 13.8. The van der Waals surface area contributed by atoms with Gasteiger partial charge in [-0.2, -0.15) is 10.2 Å². The topological polar surface area (TPSA) is 94.6 Å². The fraction of sp³-hybridized carbons (Fsp3) is 0.0435. The van der Waals surface area contributed by atoms with Crippen LogP contribution in [0.5, 0.6) is 0 Å². The van der Waals surface area contributed by atoms with Crippen LogP contribution < -0.4 is 5.43 Å². The summed E-state index contributed by atoms with van der Waals surface area (Å²) in [5.41, 5.74) is 9.21. The van der Waals surface area contributed by atoms with Gasteiger partial charge in [-0.1, -0.05) is 12.1 Å². The van der Waals surface area contributed by atoms with Crippen molar-refractivity contribution < 1.29 is 4.39 Å². The smallest absolute Gasteiger partial charge is 0.138 e. The predicted octanol–water partition coefficient (Wildman–Crippen LogP) is 4.87. The average Bonchev–Trinajstić information content (AvgIpc) is 3.40. The molecule has 152 valence electrons. The van der Waals surface area contributed by atoms with Gasteiger partial charge in [0, 0.05) is 29.9 Å². The van der Waals surface area contributed by atoms with E-state index in [-0.39, 0.29) is 5.82 Å². The lowest BCUT2D eigenvalue weighted by Crippen LogP contribution is -1.94. The molecule has 0 fully saturated rings. The Morgan fingerprint density at radius 2 is 2.06 bits per heavy atom. The summed E-state index contributed by atoms with van der Waals surface area (Å²) in [6, 6.07) is 12.4. The molecule has 0 unspecified atom stereocenters. The number of hydrazone groups is 1. The molecule has 0 aliphatic heterocycles. The van der Waals surface area contributed by atoms with Crippen LogP contribution in [0.4, 0.5) is 4.39 Å². The third-order valence-corrected chi connectivity index (χ3v) is 5.15. The second kappa shape index (κ2) is 7.49. The molecule has 0 bridgehead atoms. The van der Waals surface area contributed by atoms with Crippen molar-refractivity contribution in [1.82, 2.24) is 30.6 Å². The number of pyridine rings is 2. The third kappa shape index (κ3) is 3.33. The molecule has 4 aromatic heterocycles. The quantitative estimate of drug-likeness (QED) is 0.284. The fourth-order valence-corrected chi connectivity index (χ4v) is 3.62. The molecule has 5 rings (SSSR count). The number of H-pyrrole nitrogens is 2. The van der Waals surface area contributed by atoms with Gasteiger partial charge in [-0.15, -0.1) is 0 Å². The molecule has 0 aliphatic rings. The number of benzene rings is 1. The lowest BCUT2D eigenvalue weighted by atomic mass is 10.0. The molecule has 0 spiro atoms. The highest BCUT2D eigenvalue weighted by atomic mass is 19.1. The van der Waals surface area contributed by atoms with Crippen LogP contribution in [0.15, 0.2) is 66.2 Å². The van der Waals surface area contributed by atoms with Crippen molar-refractivity contribution in [2.75, 3.05) is 0 Å². The van der Waals surface area contributed by atoms with Crippen LogP contribution in [0.25, 0.3) is 50.0 Å². The molecule has 5 aromatic rings. The zero-order valence-electron chi connectivity index (χ0n) is 16.6. The molecule has 0 aliphatic carbocycles. The van der Waals surface area contributed by atoms with Crippen LogP contribution in [0.2, 0.25) is 0 Å². The largest absolute Gasteiger partial charge is 0.338 e. The Hall–Kier alpha value is -4.33. The number of aromatic amines is 2. The molecule has 4 heterocycles. The minimum absolute atomic E-state index is 0.277. The molecule has 7 nitrogen and oxygen atoms in total. The van der Waals surface area contributed by atoms with Crippen molar-refractivity contribution in [3.8, 4) is 22.5 Å². The van der Waals surface area contributed by atoms with Crippen molar-refractivity contribution in [2.24, 2.45) is 5.10 Å². The number of rotatable bonds is 5. The van der Waals surface area contributed by atoms with Crippen LogP contribution in [-0.2, 0) is 0 Å². The molecule has 0 saturated carbocycles. The molecule has 8 heteroatoms. The van der Waals surface area contributed by atoms with Crippen molar-refractivity contribution in [3.05, 3.63) is 72.6 Å². The average molecular weight is 411 g/mol. The summed E-state index contributed by atoms with van der Waals surface area (Å²) in [7, 11) is 0. The summed E-state index contributed by atoms with van der Waals surface area (Å²) in [5, 5.41) is 13.0. The van der Waals surface area contributed by atoms with Crippen molar-refractivity contribution in [1.29, 1.82) is 0 Å². The van der Waals surface area contributed by atoms with E-state index in [0.29, 0.717) is 5.65 Å². The Kier molecular flexibility index (Phi) is 4.51. The van der Waals surface area contributed by atoms with Gasteiger partial charge in [-0.25, -0.2) is 9.37 Å². The Morgan fingerprint density at radius 1 is 1.16 bits per heavy atom. The monoisotopic (exact) mass is 411 g/mol. The van der Waals surface area contributed by atoms with Gasteiger partial charge in [0.15, 0.2) is 0 Å². The molecule has 31 heavy (non-hydrogen) atoms. The summed E-state index contributed by atoms with van der Waals surface area (Å²) in [4.78, 5) is 12.3. The zero-order chi connectivity index (χ0) is 21.4. The molecular weight excluding hydrogens is 393 g/mol. The number of nitrogens with zero attached hydrogens (tertiary/aromatic N) is 4. The van der Waals surface area contributed by atoms with Crippen molar-refractivity contribution in [3.63, 3.8) is 0 Å². The SMILES string of the molecule is C=NN/C=C(\C)c1cc2c(-c3cc4c(-c5cccc(F)c5)ccnc4[nH]3)n[nH]c2cn1. The Bertz CT molecular complexity index is 1460. The normalized spacial score (nSPS) is 11.9. The van der Waals surface area contributed by atoms with E-state index in [0.717, 1.165) is 50.1 Å². The van der Waals surface area contributed by atoms with E-state index in [2.05, 4.69) is 42.4 Å². The van der Waals surface area contributed by atoms with Gasteiger partial charge in [-0.3, -0.25) is 15.5 Å². The maximum absolute atomic E-state index is 13.8. The first-order chi connectivity index (χ1) is 15.1. The highest BCUT2D eigenvalue weighted by Gasteiger charge is 2.15. The lowest BCUT2D eigenvalue weighted by molar-refractivity contribution is 0.628. The van der Waals surface area contributed by atoms with Gasteiger partial charge in [0.2, 0.25) is 0 Å². The zero-order valence-corrected chi connectivity index (χ0v) is 16.6. The van der Waals surface area contributed by atoms with Crippen LogP contribution >= 0.6 is 0 Å². The van der Waals surface area contributed by atoms with E-state index in [1.165, 1.54) is 12.1 Å². The fourth-order valence-electron chi connectivity index (χ4n) is 3.62. The van der Waals surface area contributed by atoms with Crippen molar-refractivity contribution in [2.45, 2.75) is 6.92 Å². The van der Waals surface area contributed by atoms with Gasteiger partial charge < -0.3 is 4.98 Å². The lowest BCUT2D eigenvalue weighted by Gasteiger charge is -2.02. The molecule has 0 atom stereocenters. The molecular formula is C23H18FN7. The molecule has 3 N–H and O–H groups in total. The second-order valence-electron chi connectivity index (χ2n) is 7.12. The first-order valence-electron chi connectivity index (χ1n) is 9.60. The first-order valence-corrected chi connectivity index (χ1v) is 9.60. The summed E-state index contributed by atoms with van der Waals surface area (Å²) in [6.07, 6.45) is 5.19. The van der Waals surface area contributed by atoms with Crippen LogP contribution in [0.3, 0.4) is 0 Å². The Labute approximate surface area is 176 Å². The summed E-state index contributed by atoms with van der Waals surface area (Å²) < 4.78 is 13.8. The number of aromatic nitrogens is 5. The van der Waals surface area contributed by atoms with Gasteiger partial charge in [0.25, 0.3) is 0 Å². The van der Waals surface area contributed by atoms with Crippen LogP contribution in [0.1, 0.15) is 12.6 Å². The van der Waals surface area contributed by atoms with Gasteiger partial charge in [0.1, 0.15) is 17.2 Å². The number of hydrogen-bond donors (Lipinski definition) is 3. The summed E-state index contributed by atoms with van der Waals surface area (Å²) in [6.45, 7) is 5.34.